The van der Waals surface area contributed by atoms with E-state index in [0.717, 1.165) is 49.0 Å². The van der Waals surface area contributed by atoms with Crippen molar-refractivity contribution in [2.24, 2.45) is 0 Å². The Morgan fingerprint density at radius 2 is 1.74 bits per heavy atom. The van der Waals surface area contributed by atoms with Gasteiger partial charge in [0.05, 0.1) is 25.3 Å². The maximum Gasteiger partial charge on any atom is 0.295 e. The van der Waals surface area contributed by atoms with Crippen molar-refractivity contribution in [3.8, 4) is 11.5 Å². The fraction of sp³-hybridized carbons (Fsp3) is 0.448. The van der Waals surface area contributed by atoms with E-state index in [1.54, 1.807) is 18.1 Å². The van der Waals surface area contributed by atoms with Crippen LogP contribution in [0.5, 0.6) is 11.5 Å². The van der Waals surface area contributed by atoms with Gasteiger partial charge < -0.3 is 19.5 Å². The number of likely N-dealkylation sites (tertiary alicyclic amines) is 1. The first-order chi connectivity index (χ1) is 16.9. The molecular weight excluding hydrogens is 442 g/mol. The number of methoxy groups -OCH3 is 1. The van der Waals surface area contributed by atoms with E-state index < -0.39 is 17.7 Å². The van der Waals surface area contributed by atoms with Crippen LogP contribution in [0.2, 0.25) is 0 Å². The van der Waals surface area contributed by atoms with Gasteiger partial charge in [-0.1, -0.05) is 45.2 Å². The van der Waals surface area contributed by atoms with E-state index in [2.05, 4.69) is 13.8 Å². The van der Waals surface area contributed by atoms with Crippen LogP contribution in [0.15, 0.2) is 48.0 Å². The van der Waals surface area contributed by atoms with Crippen molar-refractivity contribution in [3.63, 3.8) is 0 Å². The summed E-state index contributed by atoms with van der Waals surface area (Å²) in [6, 6.07) is 12.2. The number of hydrogen-bond acceptors (Lipinski definition) is 5. The number of ketones is 1. The van der Waals surface area contributed by atoms with Gasteiger partial charge in [0.1, 0.15) is 17.3 Å². The molecule has 1 unspecified atom stereocenters. The number of Topliss-reactive ketones (excluding diaryl/α,β-unsaturated/α-hetero) is 1. The lowest BCUT2D eigenvalue weighted by atomic mass is 9.90. The van der Waals surface area contributed by atoms with Gasteiger partial charge in [0, 0.05) is 11.6 Å². The molecule has 0 aromatic heterocycles. The first kappa shape index (κ1) is 24.8. The minimum atomic E-state index is -0.641. The van der Waals surface area contributed by atoms with Crippen LogP contribution in [0, 0.1) is 0 Å². The molecule has 2 fully saturated rings. The topological polar surface area (TPSA) is 76.1 Å². The smallest absolute Gasteiger partial charge is 0.295 e. The summed E-state index contributed by atoms with van der Waals surface area (Å²) >= 11 is 0. The molecular formula is C29H35NO5. The highest BCUT2D eigenvalue weighted by atomic mass is 16.5. The molecule has 2 aromatic carbocycles. The van der Waals surface area contributed by atoms with Crippen LogP contribution in [-0.2, 0) is 9.59 Å². The first-order valence-corrected chi connectivity index (χ1v) is 12.6. The van der Waals surface area contributed by atoms with E-state index in [-0.39, 0.29) is 23.3 Å². The van der Waals surface area contributed by atoms with Gasteiger partial charge in [0.2, 0.25) is 0 Å². The minimum absolute atomic E-state index is 0.0239. The Balaban J connectivity index is 1.86. The van der Waals surface area contributed by atoms with E-state index in [1.807, 2.05) is 43.3 Å². The number of hydrogen-bond donors (Lipinski definition) is 1. The highest BCUT2D eigenvalue weighted by Gasteiger charge is 2.48. The Kier molecular flexibility index (Phi) is 7.48. The Labute approximate surface area is 207 Å². The summed E-state index contributed by atoms with van der Waals surface area (Å²) in [5.74, 6) is 0.298. The van der Waals surface area contributed by atoms with E-state index in [9.17, 15) is 14.7 Å². The Morgan fingerprint density at radius 1 is 1.06 bits per heavy atom. The molecule has 6 heteroatoms. The first-order valence-electron chi connectivity index (χ1n) is 12.6. The Morgan fingerprint density at radius 3 is 2.34 bits per heavy atom. The number of carbonyl (C=O) groups excluding carboxylic acids is 2. The predicted molar refractivity (Wildman–Crippen MR) is 136 cm³/mol. The zero-order valence-corrected chi connectivity index (χ0v) is 21.0. The fourth-order valence-corrected chi connectivity index (χ4v) is 5.29. The largest absolute Gasteiger partial charge is 0.507 e. The number of carbonyl (C=O) groups is 2. The van der Waals surface area contributed by atoms with Crippen molar-refractivity contribution in [2.75, 3.05) is 13.7 Å². The third-order valence-electron chi connectivity index (χ3n) is 7.08. The van der Waals surface area contributed by atoms with E-state index in [1.165, 1.54) is 0 Å². The molecule has 2 aliphatic rings. The molecule has 4 rings (SSSR count). The van der Waals surface area contributed by atoms with Gasteiger partial charge in [-0.3, -0.25) is 9.59 Å². The zero-order valence-electron chi connectivity index (χ0n) is 21.0. The average Bonchev–Trinajstić information content (AvgIpc) is 3.14. The van der Waals surface area contributed by atoms with Gasteiger partial charge in [-0.05, 0) is 67.1 Å². The van der Waals surface area contributed by atoms with E-state index >= 15 is 0 Å². The van der Waals surface area contributed by atoms with Crippen molar-refractivity contribution >= 4 is 17.4 Å². The molecule has 1 N–H and O–H groups in total. The molecule has 2 aromatic rings. The SMILES string of the molecule is CCOc1ccc(/C(O)=C2/C(=O)C(=O)N(C3CCCCC3)C2c2ccc(OC)cc2)cc1C(C)C. The van der Waals surface area contributed by atoms with E-state index in [4.69, 9.17) is 9.47 Å². The lowest BCUT2D eigenvalue weighted by molar-refractivity contribution is -0.141. The lowest BCUT2D eigenvalue weighted by Gasteiger charge is -2.35. The third-order valence-corrected chi connectivity index (χ3v) is 7.08. The maximum atomic E-state index is 13.4. The second-order valence-corrected chi connectivity index (χ2v) is 9.61. The standard InChI is InChI=1S/C29H35NO5/c1-5-35-24-16-13-20(17-23(24)18(2)3)27(31)25-26(19-11-14-22(34-4)15-12-19)30(29(33)28(25)32)21-9-7-6-8-10-21/h11-18,21,26,31H,5-10H2,1-4H3/b27-25-. The number of aliphatic hydroxyl groups excluding tert-OH is 1. The highest BCUT2D eigenvalue weighted by molar-refractivity contribution is 6.46. The molecule has 1 aliphatic carbocycles. The molecule has 186 valence electrons. The molecule has 0 radical (unpaired) electrons. The molecule has 6 nitrogen and oxygen atoms in total. The molecule has 1 atom stereocenters. The zero-order chi connectivity index (χ0) is 25.1. The van der Waals surface area contributed by atoms with Gasteiger partial charge in [-0.15, -0.1) is 0 Å². The third kappa shape index (κ3) is 4.79. The van der Waals surface area contributed by atoms with Crippen LogP contribution in [0.1, 0.15) is 81.5 Å². The van der Waals surface area contributed by atoms with Crippen LogP contribution in [0.25, 0.3) is 5.76 Å². The number of nitrogens with zero attached hydrogens (tertiary/aromatic N) is 1. The molecule has 1 saturated heterocycles. The average molecular weight is 478 g/mol. The lowest BCUT2D eigenvalue weighted by Crippen LogP contribution is -2.40. The molecule has 1 aliphatic heterocycles. The molecule has 0 bridgehead atoms. The minimum Gasteiger partial charge on any atom is -0.507 e. The summed E-state index contributed by atoms with van der Waals surface area (Å²) in [6.07, 6.45) is 4.91. The summed E-state index contributed by atoms with van der Waals surface area (Å²) in [6.45, 7) is 6.58. The highest BCUT2D eigenvalue weighted by Crippen LogP contribution is 2.44. The Hall–Kier alpha value is -3.28. The second-order valence-electron chi connectivity index (χ2n) is 9.61. The summed E-state index contributed by atoms with van der Waals surface area (Å²) in [4.78, 5) is 28.5. The van der Waals surface area contributed by atoms with Crippen molar-refractivity contribution < 1.29 is 24.2 Å². The van der Waals surface area contributed by atoms with Crippen molar-refractivity contribution in [1.29, 1.82) is 0 Å². The van der Waals surface area contributed by atoms with Crippen LogP contribution >= 0.6 is 0 Å². The van der Waals surface area contributed by atoms with Gasteiger partial charge in [0.25, 0.3) is 11.7 Å². The maximum absolute atomic E-state index is 13.4. The van der Waals surface area contributed by atoms with Gasteiger partial charge in [0.15, 0.2) is 0 Å². The molecule has 1 amide bonds. The van der Waals surface area contributed by atoms with Crippen molar-refractivity contribution in [2.45, 2.75) is 70.9 Å². The molecule has 1 saturated carbocycles. The number of aliphatic hydroxyl groups is 1. The second kappa shape index (κ2) is 10.5. The molecule has 1 heterocycles. The number of amides is 1. The number of benzene rings is 2. The van der Waals surface area contributed by atoms with Crippen molar-refractivity contribution in [1.82, 2.24) is 4.90 Å². The van der Waals surface area contributed by atoms with Gasteiger partial charge >= 0.3 is 0 Å². The van der Waals surface area contributed by atoms with Crippen LogP contribution < -0.4 is 9.47 Å². The van der Waals surface area contributed by atoms with Gasteiger partial charge in [-0.25, -0.2) is 0 Å². The van der Waals surface area contributed by atoms with Crippen LogP contribution in [0.3, 0.4) is 0 Å². The summed E-state index contributed by atoms with van der Waals surface area (Å²) < 4.78 is 11.1. The quantitative estimate of drug-likeness (QED) is 0.302. The summed E-state index contributed by atoms with van der Waals surface area (Å²) in [5, 5.41) is 11.5. The summed E-state index contributed by atoms with van der Waals surface area (Å²) in [7, 11) is 1.60. The fourth-order valence-electron chi connectivity index (χ4n) is 5.29. The van der Waals surface area contributed by atoms with Crippen LogP contribution in [-0.4, -0.2) is 41.5 Å². The van der Waals surface area contributed by atoms with Gasteiger partial charge in [-0.2, -0.15) is 0 Å². The molecule has 35 heavy (non-hydrogen) atoms. The molecule has 0 spiro atoms. The van der Waals surface area contributed by atoms with E-state index in [0.29, 0.717) is 17.9 Å². The van der Waals surface area contributed by atoms with Crippen molar-refractivity contribution in [3.05, 3.63) is 64.7 Å². The predicted octanol–water partition coefficient (Wildman–Crippen LogP) is 5.97. The van der Waals surface area contributed by atoms with Crippen LogP contribution in [0.4, 0.5) is 0 Å². The monoisotopic (exact) mass is 477 g/mol. The number of ether oxygens (including phenoxy) is 2. The number of rotatable bonds is 7. The Bertz CT molecular complexity index is 1110. The summed E-state index contributed by atoms with van der Waals surface area (Å²) in [5.41, 5.74) is 2.38. The normalized spacial score (nSPS) is 20.5.